The molecule has 8 nitrogen and oxygen atoms in total. The zero-order valence-corrected chi connectivity index (χ0v) is 22.2. The maximum Gasteiger partial charge on any atom is 0.267 e. The van der Waals surface area contributed by atoms with E-state index in [1.807, 2.05) is 36.4 Å². The van der Waals surface area contributed by atoms with E-state index in [-0.39, 0.29) is 17.2 Å². The van der Waals surface area contributed by atoms with Gasteiger partial charge in [-0.1, -0.05) is 30.0 Å². The summed E-state index contributed by atoms with van der Waals surface area (Å²) in [5.74, 6) is 0.935. The number of nitrogens with zero attached hydrogens (tertiary/aromatic N) is 3. The summed E-state index contributed by atoms with van der Waals surface area (Å²) in [5, 5.41) is 5.26. The number of para-hydroxylation sites is 1. The second kappa shape index (κ2) is 11.2. The van der Waals surface area contributed by atoms with Crippen LogP contribution in [-0.2, 0) is 17.6 Å². The number of hydrogen-bond donors (Lipinski definition) is 1. The number of methoxy groups -OCH3 is 2. The van der Waals surface area contributed by atoms with Gasteiger partial charge in [0.2, 0.25) is 0 Å². The van der Waals surface area contributed by atoms with Crippen LogP contribution in [0.4, 0.5) is 0 Å². The highest BCUT2D eigenvalue weighted by molar-refractivity contribution is 7.99. The van der Waals surface area contributed by atoms with Gasteiger partial charge in [0.25, 0.3) is 11.5 Å². The summed E-state index contributed by atoms with van der Waals surface area (Å²) in [5.41, 5.74) is 5.09. The van der Waals surface area contributed by atoms with Crippen molar-refractivity contribution in [1.82, 2.24) is 15.0 Å². The summed E-state index contributed by atoms with van der Waals surface area (Å²) >= 11 is 2.82. The van der Waals surface area contributed by atoms with Crippen LogP contribution in [0.3, 0.4) is 0 Å². The van der Waals surface area contributed by atoms with Crippen molar-refractivity contribution in [3.05, 3.63) is 74.9 Å². The van der Waals surface area contributed by atoms with Crippen LogP contribution in [0.25, 0.3) is 15.9 Å². The Hall–Kier alpha value is -3.63. The number of hydrogen-bond acceptors (Lipinski definition) is 8. The van der Waals surface area contributed by atoms with Crippen molar-refractivity contribution in [3.8, 4) is 17.2 Å². The minimum atomic E-state index is -0.304. The topological polar surface area (TPSA) is 94.8 Å². The van der Waals surface area contributed by atoms with Gasteiger partial charge in [0.1, 0.15) is 4.83 Å². The number of amides is 1. The van der Waals surface area contributed by atoms with Gasteiger partial charge < -0.3 is 9.47 Å². The molecule has 0 fully saturated rings. The van der Waals surface area contributed by atoms with Gasteiger partial charge in [-0.3, -0.25) is 14.2 Å². The van der Waals surface area contributed by atoms with Crippen LogP contribution in [0.2, 0.25) is 0 Å². The number of hydrazone groups is 1. The average molecular weight is 535 g/mol. The number of aromatic nitrogens is 2. The highest BCUT2D eigenvalue weighted by atomic mass is 32.2. The van der Waals surface area contributed by atoms with Crippen molar-refractivity contribution in [3.63, 3.8) is 0 Å². The lowest BCUT2D eigenvalue weighted by Crippen LogP contribution is -2.24. The van der Waals surface area contributed by atoms with E-state index < -0.39 is 0 Å². The maximum absolute atomic E-state index is 13.7. The van der Waals surface area contributed by atoms with Crippen molar-refractivity contribution in [1.29, 1.82) is 0 Å². The molecule has 0 radical (unpaired) electrons. The van der Waals surface area contributed by atoms with Crippen molar-refractivity contribution in [2.45, 2.75) is 30.8 Å². The van der Waals surface area contributed by atoms with Gasteiger partial charge in [-0.25, -0.2) is 10.4 Å². The number of fused-ring (bicyclic) bond motifs is 3. The second-order valence-corrected chi connectivity index (χ2v) is 10.5. The molecule has 0 aliphatic heterocycles. The number of benzene rings is 2. The first-order valence-electron chi connectivity index (χ1n) is 11.9. The second-order valence-electron chi connectivity index (χ2n) is 8.46. The van der Waals surface area contributed by atoms with Crippen molar-refractivity contribution < 1.29 is 14.3 Å². The molecule has 37 heavy (non-hydrogen) atoms. The third-order valence-electron chi connectivity index (χ3n) is 6.12. The predicted octanol–water partition coefficient (Wildman–Crippen LogP) is 4.59. The highest BCUT2D eigenvalue weighted by Crippen LogP contribution is 2.35. The van der Waals surface area contributed by atoms with E-state index in [0.717, 1.165) is 52.7 Å². The summed E-state index contributed by atoms with van der Waals surface area (Å²) in [6, 6.07) is 14.8. The molecular formula is C27H26N4O4S2. The first kappa shape index (κ1) is 25.0. The summed E-state index contributed by atoms with van der Waals surface area (Å²) < 4.78 is 12.2. The number of carbonyl (C=O) groups excluding carboxylic acids is 1. The molecule has 1 aliphatic carbocycles. The molecule has 10 heteroatoms. The van der Waals surface area contributed by atoms with Crippen LogP contribution < -0.4 is 20.5 Å². The fraction of sp³-hybridized carbons (Fsp3) is 0.259. The Morgan fingerprint density at radius 3 is 2.70 bits per heavy atom. The lowest BCUT2D eigenvalue weighted by molar-refractivity contribution is -0.118. The molecular weight excluding hydrogens is 508 g/mol. The Kier molecular flexibility index (Phi) is 7.57. The molecule has 2 heterocycles. The Labute approximate surface area is 222 Å². The first-order chi connectivity index (χ1) is 18.1. The lowest BCUT2D eigenvalue weighted by atomic mass is 9.97. The number of aryl methyl sites for hydroxylation is 2. The summed E-state index contributed by atoms with van der Waals surface area (Å²) in [6.45, 7) is 0. The van der Waals surface area contributed by atoms with Crippen LogP contribution in [0.5, 0.6) is 11.5 Å². The summed E-state index contributed by atoms with van der Waals surface area (Å²) in [6.07, 6.45) is 5.66. The Morgan fingerprint density at radius 1 is 1.14 bits per heavy atom. The van der Waals surface area contributed by atoms with E-state index in [2.05, 4.69) is 10.5 Å². The number of carbonyl (C=O) groups is 1. The average Bonchev–Trinajstić information content (AvgIpc) is 3.31. The van der Waals surface area contributed by atoms with Gasteiger partial charge in [0.05, 0.1) is 37.3 Å². The normalized spacial score (nSPS) is 13.0. The van der Waals surface area contributed by atoms with Crippen LogP contribution in [0.15, 0.2) is 63.6 Å². The van der Waals surface area contributed by atoms with E-state index in [4.69, 9.17) is 14.5 Å². The summed E-state index contributed by atoms with van der Waals surface area (Å²) in [4.78, 5) is 33.2. The smallest absolute Gasteiger partial charge is 0.267 e. The molecule has 0 saturated carbocycles. The molecule has 1 aliphatic rings. The number of thiophene rings is 1. The van der Waals surface area contributed by atoms with E-state index >= 15 is 0 Å². The maximum atomic E-state index is 13.7. The third kappa shape index (κ3) is 5.26. The lowest BCUT2D eigenvalue weighted by Gasteiger charge is -2.13. The zero-order chi connectivity index (χ0) is 25.8. The number of ether oxygens (including phenoxy) is 2. The summed E-state index contributed by atoms with van der Waals surface area (Å²) in [7, 11) is 3.13. The Bertz CT molecular complexity index is 1530. The molecule has 1 amide bonds. The molecule has 0 bridgehead atoms. The monoisotopic (exact) mass is 534 g/mol. The Morgan fingerprint density at radius 2 is 1.92 bits per heavy atom. The van der Waals surface area contributed by atoms with Gasteiger partial charge in [-0.2, -0.15) is 5.10 Å². The van der Waals surface area contributed by atoms with E-state index in [0.29, 0.717) is 16.7 Å². The SMILES string of the molecule is COc1ccc(C=NNC(=O)CSc2nc3sc4c(c3c(=O)n2-c2ccccc2)CCCC4)cc1OC. The quantitative estimate of drug-likeness (QED) is 0.154. The fourth-order valence-corrected chi connectivity index (χ4v) is 6.47. The van der Waals surface area contributed by atoms with Crippen LogP contribution in [0, 0.1) is 0 Å². The molecule has 0 saturated heterocycles. The fourth-order valence-electron chi connectivity index (χ4n) is 4.36. The molecule has 0 atom stereocenters. The molecule has 1 N–H and O–H groups in total. The number of thioether (sulfide) groups is 1. The first-order valence-corrected chi connectivity index (χ1v) is 13.7. The largest absolute Gasteiger partial charge is 0.493 e. The molecule has 4 aromatic rings. The number of nitrogens with one attached hydrogen (secondary N) is 1. The standard InChI is InChI=1S/C27H26N4O4S2/c1-34-20-13-12-17(14-21(20)35-2)15-28-30-23(32)16-36-27-29-25-24(19-10-6-7-11-22(19)37-25)26(33)31(27)18-8-4-3-5-9-18/h3-5,8-9,12-15H,6-7,10-11,16H2,1-2H3,(H,30,32). The van der Waals surface area contributed by atoms with Gasteiger partial charge in [-0.05, 0) is 67.1 Å². The van der Waals surface area contributed by atoms with Gasteiger partial charge in [0, 0.05) is 4.88 Å². The van der Waals surface area contributed by atoms with Gasteiger partial charge in [0.15, 0.2) is 16.7 Å². The van der Waals surface area contributed by atoms with Crippen LogP contribution >= 0.6 is 23.1 Å². The molecule has 2 aromatic carbocycles. The van der Waals surface area contributed by atoms with E-state index in [1.165, 1.54) is 22.9 Å². The molecule has 0 unspecified atom stereocenters. The molecule has 2 aromatic heterocycles. The predicted molar refractivity (Wildman–Crippen MR) is 148 cm³/mol. The van der Waals surface area contributed by atoms with Crippen molar-refractivity contribution in [2.75, 3.05) is 20.0 Å². The zero-order valence-electron chi connectivity index (χ0n) is 20.5. The van der Waals surface area contributed by atoms with Crippen LogP contribution in [-0.4, -0.2) is 41.6 Å². The minimum Gasteiger partial charge on any atom is -0.493 e. The molecule has 0 spiro atoms. The minimum absolute atomic E-state index is 0.0547. The van der Waals surface area contributed by atoms with Crippen LogP contribution in [0.1, 0.15) is 28.8 Å². The third-order valence-corrected chi connectivity index (χ3v) is 8.24. The van der Waals surface area contributed by atoms with E-state index in [1.54, 1.807) is 42.3 Å². The highest BCUT2D eigenvalue weighted by Gasteiger charge is 2.23. The molecule has 5 rings (SSSR count). The Balaban J connectivity index is 1.37. The van der Waals surface area contributed by atoms with E-state index in [9.17, 15) is 9.59 Å². The molecule has 190 valence electrons. The van der Waals surface area contributed by atoms with Gasteiger partial charge in [-0.15, -0.1) is 11.3 Å². The number of rotatable bonds is 8. The van der Waals surface area contributed by atoms with Gasteiger partial charge >= 0.3 is 0 Å². The van der Waals surface area contributed by atoms with Crippen molar-refractivity contribution >= 4 is 45.4 Å². The van der Waals surface area contributed by atoms with Crippen molar-refractivity contribution in [2.24, 2.45) is 5.10 Å².